The molecule has 1 fully saturated rings. The lowest BCUT2D eigenvalue weighted by atomic mass is 9.90. The van der Waals surface area contributed by atoms with E-state index in [-0.39, 0.29) is 0 Å². The normalized spacial score (nSPS) is 20.5. The molecule has 0 atom stereocenters. The summed E-state index contributed by atoms with van der Waals surface area (Å²) in [4.78, 5) is 2.51. The first-order valence-corrected chi connectivity index (χ1v) is 6.98. The maximum atomic E-state index is 4.62. The SMILES string of the molecule is CNC1(C)CCN(Cc2ccn(C(C)C)n2)CC1. The van der Waals surface area contributed by atoms with E-state index in [1.807, 2.05) is 4.68 Å². The second-order valence-corrected chi connectivity index (χ2v) is 5.97. The molecule has 2 heterocycles. The molecule has 1 saturated heterocycles. The van der Waals surface area contributed by atoms with Crippen molar-refractivity contribution in [3.8, 4) is 0 Å². The summed E-state index contributed by atoms with van der Waals surface area (Å²) in [6, 6.07) is 2.60. The fourth-order valence-corrected chi connectivity index (χ4v) is 2.43. The fraction of sp³-hybridized carbons (Fsp3) is 0.786. The van der Waals surface area contributed by atoms with Crippen LogP contribution in [0.5, 0.6) is 0 Å². The van der Waals surface area contributed by atoms with Crippen molar-refractivity contribution in [2.45, 2.75) is 51.7 Å². The molecule has 0 saturated carbocycles. The van der Waals surface area contributed by atoms with E-state index in [0.717, 1.165) is 19.6 Å². The van der Waals surface area contributed by atoms with Crippen LogP contribution < -0.4 is 5.32 Å². The van der Waals surface area contributed by atoms with E-state index in [1.54, 1.807) is 0 Å². The van der Waals surface area contributed by atoms with Crippen LogP contribution in [0.15, 0.2) is 12.3 Å². The van der Waals surface area contributed by atoms with Crippen molar-refractivity contribution >= 4 is 0 Å². The third kappa shape index (κ3) is 3.12. The van der Waals surface area contributed by atoms with Gasteiger partial charge in [-0.15, -0.1) is 0 Å². The van der Waals surface area contributed by atoms with Crippen LogP contribution in [0.2, 0.25) is 0 Å². The van der Waals surface area contributed by atoms with E-state index in [0.29, 0.717) is 11.6 Å². The molecule has 0 unspecified atom stereocenters. The highest BCUT2D eigenvalue weighted by Gasteiger charge is 2.28. The topological polar surface area (TPSA) is 33.1 Å². The van der Waals surface area contributed by atoms with Gasteiger partial charge < -0.3 is 5.32 Å². The number of rotatable bonds is 4. The third-order valence-corrected chi connectivity index (χ3v) is 4.14. The molecule has 4 nitrogen and oxygen atoms in total. The van der Waals surface area contributed by atoms with Crippen molar-refractivity contribution in [2.75, 3.05) is 20.1 Å². The number of aromatic nitrogens is 2. The molecule has 0 spiro atoms. The molecule has 0 radical (unpaired) electrons. The van der Waals surface area contributed by atoms with E-state index in [9.17, 15) is 0 Å². The molecular formula is C14H26N4. The van der Waals surface area contributed by atoms with Crippen LogP contribution in [0.25, 0.3) is 0 Å². The minimum atomic E-state index is 0.327. The maximum Gasteiger partial charge on any atom is 0.0764 e. The van der Waals surface area contributed by atoms with Gasteiger partial charge in [0, 0.05) is 37.4 Å². The second kappa shape index (κ2) is 5.41. The smallest absolute Gasteiger partial charge is 0.0764 e. The summed E-state index contributed by atoms with van der Waals surface area (Å²) < 4.78 is 2.04. The van der Waals surface area contributed by atoms with Crippen molar-refractivity contribution in [1.29, 1.82) is 0 Å². The molecule has 0 aliphatic carbocycles. The lowest BCUT2D eigenvalue weighted by Crippen LogP contribution is -2.49. The van der Waals surface area contributed by atoms with Crippen LogP contribution in [0.4, 0.5) is 0 Å². The van der Waals surface area contributed by atoms with Gasteiger partial charge in [0.25, 0.3) is 0 Å². The van der Waals surface area contributed by atoms with E-state index >= 15 is 0 Å². The molecule has 102 valence electrons. The first-order valence-electron chi connectivity index (χ1n) is 6.98. The lowest BCUT2D eigenvalue weighted by Gasteiger charge is -2.39. The zero-order valence-corrected chi connectivity index (χ0v) is 12.1. The summed E-state index contributed by atoms with van der Waals surface area (Å²) in [6.07, 6.45) is 4.52. The van der Waals surface area contributed by atoms with Crippen LogP contribution in [0.3, 0.4) is 0 Å². The van der Waals surface area contributed by atoms with Crippen LogP contribution in [0, 0.1) is 0 Å². The molecule has 0 bridgehead atoms. The quantitative estimate of drug-likeness (QED) is 0.887. The zero-order valence-electron chi connectivity index (χ0n) is 12.1. The van der Waals surface area contributed by atoms with Crippen molar-refractivity contribution < 1.29 is 0 Å². The summed E-state index contributed by atoms with van der Waals surface area (Å²) in [7, 11) is 2.07. The average molecular weight is 250 g/mol. The number of likely N-dealkylation sites (tertiary alicyclic amines) is 1. The van der Waals surface area contributed by atoms with Gasteiger partial charge in [-0.05, 0) is 46.7 Å². The molecule has 0 aromatic carbocycles. The number of nitrogens with one attached hydrogen (secondary N) is 1. The average Bonchev–Trinajstić information content (AvgIpc) is 2.81. The van der Waals surface area contributed by atoms with E-state index in [2.05, 4.69) is 55.4 Å². The van der Waals surface area contributed by atoms with E-state index in [4.69, 9.17) is 0 Å². The number of hydrogen-bond acceptors (Lipinski definition) is 3. The highest BCUT2D eigenvalue weighted by Crippen LogP contribution is 2.22. The minimum absolute atomic E-state index is 0.327. The Bertz CT molecular complexity index is 375. The van der Waals surface area contributed by atoms with Gasteiger partial charge in [0.2, 0.25) is 0 Å². The molecule has 18 heavy (non-hydrogen) atoms. The fourth-order valence-electron chi connectivity index (χ4n) is 2.43. The highest BCUT2D eigenvalue weighted by atomic mass is 15.3. The molecule has 2 rings (SSSR count). The Morgan fingerprint density at radius 1 is 1.39 bits per heavy atom. The first-order chi connectivity index (χ1) is 8.52. The molecule has 1 aliphatic rings. The van der Waals surface area contributed by atoms with Crippen molar-refractivity contribution in [2.24, 2.45) is 0 Å². The van der Waals surface area contributed by atoms with Gasteiger partial charge >= 0.3 is 0 Å². The first kappa shape index (κ1) is 13.6. The highest BCUT2D eigenvalue weighted by molar-refractivity contribution is 5.00. The van der Waals surface area contributed by atoms with Crippen LogP contribution in [-0.2, 0) is 6.54 Å². The van der Waals surface area contributed by atoms with Crippen molar-refractivity contribution in [3.05, 3.63) is 18.0 Å². The summed E-state index contributed by atoms with van der Waals surface area (Å²) in [6.45, 7) is 9.95. The number of nitrogens with zero attached hydrogens (tertiary/aromatic N) is 3. The Hall–Kier alpha value is -0.870. The Balaban J connectivity index is 1.87. The molecule has 0 amide bonds. The Morgan fingerprint density at radius 2 is 2.06 bits per heavy atom. The largest absolute Gasteiger partial charge is 0.314 e. The molecular weight excluding hydrogens is 224 g/mol. The predicted octanol–water partition coefficient (Wildman–Crippen LogP) is 2.04. The molecule has 1 aromatic rings. The van der Waals surface area contributed by atoms with E-state index in [1.165, 1.54) is 18.5 Å². The zero-order chi connectivity index (χ0) is 13.2. The van der Waals surface area contributed by atoms with E-state index < -0.39 is 0 Å². The standard InChI is InChI=1S/C14H26N4/c1-12(2)18-8-5-13(16-18)11-17-9-6-14(3,15-4)7-10-17/h5,8,12,15H,6-7,9-11H2,1-4H3. The number of hydrogen-bond donors (Lipinski definition) is 1. The summed E-state index contributed by atoms with van der Waals surface area (Å²) in [5.41, 5.74) is 1.52. The van der Waals surface area contributed by atoms with Crippen molar-refractivity contribution in [3.63, 3.8) is 0 Å². The second-order valence-electron chi connectivity index (χ2n) is 5.97. The van der Waals surface area contributed by atoms with Crippen LogP contribution in [0.1, 0.15) is 45.3 Å². The predicted molar refractivity (Wildman–Crippen MR) is 74.6 cm³/mol. The van der Waals surface area contributed by atoms with Gasteiger partial charge in [-0.3, -0.25) is 9.58 Å². The van der Waals surface area contributed by atoms with Gasteiger partial charge in [0.1, 0.15) is 0 Å². The molecule has 4 heteroatoms. The summed E-state index contributed by atoms with van der Waals surface area (Å²) in [5.74, 6) is 0. The Morgan fingerprint density at radius 3 is 2.56 bits per heavy atom. The number of piperidine rings is 1. The lowest BCUT2D eigenvalue weighted by molar-refractivity contribution is 0.144. The van der Waals surface area contributed by atoms with Gasteiger partial charge in [-0.2, -0.15) is 5.10 Å². The van der Waals surface area contributed by atoms with Crippen molar-refractivity contribution in [1.82, 2.24) is 20.0 Å². The summed E-state index contributed by atoms with van der Waals surface area (Å²) in [5, 5.41) is 8.06. The summed E-state index contributed by atoms with van der Waals surface area (Å²) >= 11 is 0. The van der Waals surface area contributed by atoms with Gasteiger partial charge in [0.15, 0.2) is 0 Å². The monoisotopic (exact) mass is 250 g/mol. The maximum absolute atomic E-state index is 4.62. The molecule has 1 N–H and O–H groups in total. The van der Waals surface area contributed by atoms with Crippen LogP contribution >= 0.6 is 0 Å². The Labute approximate surface area is 110 Å². The Kier molecular flexibility index (Phi) is 4.07. The van der Waals surface area contributed by atoms with Gasteiger partial charge in [-0.25, -0.2) is 0 Å². The van der Waals surface area contributed by atoms with Gasteiger partial charge in [-0.1, -0.05) is 0 Å². The third-order valence-electron chi connectivity index (χ3n) is 4.14. The molecule has 1 aromatic heterocycles. The van der Waals surface area contributed by atoms with Crippen LogP contribution in [-0.4, -0.2) is 40.4 Å². The molecule has 1 aliphatic heterocycles. The van der Waals surface area contributed by atoms with Gasteiger partial charge in [0.05, 0.1) is 5.69 Å². The minimum Gasteiger partial charge on any atom is -0.314 e.